The summed E-state index contributed by atoms with van der Waals surface area (Å²) in [4.78, 5) is 68.3. The van der Waals surface area contributed by atoms with Crippen LogP contribution in [0.15, 0.2) is 48.5 Å². The molecule has 0 bridgehead atoms. The largest absolute Gasteiger partial charge is 1.00 e. The molecule has 3 aromatic rings. The number of amides is 1. The number of aliphatic hydroxyl groups is 1. The minimum atomic E-state index is -1.36. The van der Waals surface area contributed by atoms with Gasteiger partial charge in [-0.15, -0.1) is 23.7 Å². The van der Waals surface area contributed by atoms with Gasteiger partial charge in [0.15, 0.2) is 0 Å². The van der Waals surface area contributed by atoms with Crippen LogP contribution in [0.3, 0.4) is 0 Å². The minimum Gasteiger partial charge on any atom is -1.00 e. The smallest absolute Gasteiger partial charge is 0.407 e. The molecule has 0 radical (unpaired) electrons. The first-order valence-electron chi connectivity index (χ1n) is 28.9. The molecule has 3 atom stereocenters. The van der Waals surface area contributed by atoms with Gasteiger partial charge in [0.05, 0.1) is 73.7 Å². The lowest BCUT2D eigenvalue weighted by molar-refractivity contribution is -0.870. The van der Waals surface area contributed by atoms with Crippen molar-refractivity contribution in [1.82, 2.24) is 10.3 Å². The number of para-hydroxylation sites is 1. The van der Waals surface area contributed by atoms with Crippen molar-refractivity contribution in [3.8, 4) is 10.6 Å². The molecule has 0 saturated carbocycles. The second-order valence-corrected chi connectivity index (χ2v) is 25.1. The zero-order chi connectivity index (χ0) is 58.8. The van der Waals surface area contributed by atoms with Crippen LogP contribution in [0.2, 0.25) is 0 Å². The molecule has 88 heavy (non-hydrogen) atoms. The van der Waals surface area contributed by atoms with E-state index >= 15 is 0 Å². The number of hydrogen-bond acceptors (Lipinski definition) is 13. The fourth-order valence-electron chi connectivity index (χ4n) is 9.37. The molecular formula is C70H138Cl2N4O11S. The number of carbonyl (C=O) groups excluding carboxylic acids is 4. The summed E-state index contributed by atoms with van der Waals surface area (Å²) >= 11 is 1.74. The van der Waals surface area contributed by atoms with Crippen molar-refractivity contribution in [1.29, 1.82) is 0 Å². The van der Waals surface area contributed by atoms with Crippen molar-refractivity contribution < 1.29 is 70.0 Å². The number of unbranched alkanes of at least 4 members (excludes halogenated alkanes) is 13. The standard InChI is InChI=1S/C28H49NO11.C19H42N.C15H14N2S.8CH4.2ClH/c1-9-20(21(31)32)16-27(7,23(34)38-13-11-30)18-28(8,17-26(4,5)6)24(35)39-14-15-40-25(36)29-10-12-37-22(33)19(2)3;1-5-6-7-8-9-10-11-12-13-14-15-16-17-18-19-20(2,3)4;1-17(2)12-9-7-11(8-10-12)15-16-13-5-3-4-6-14(13)18-15;;;;;;;;;;/h19-20,30H,9-18H2,1-8H3,(H,29,36)(H,31,32);5-19H2,1-4H3;3-10H,1-2H3;8*1H4;2*1H/q;+1;;;;;;;;;;;/p-1. The van der Waals surface area contributed by atoms with Crippen LogP contribution in [0.1, 0.15) is 237 Å². The number of carboxylic acid groups (broad SMARTS) is 1. The molecule has 0 spiro atoms. The Hall–Kier alpha value is -4.22. The average molecular weight is 1310 g/mol. The third-order valence-corrected chi connectivity index (χ3v) is 14.4. The summed E-state index contributed by atoms with van der Waals surface area (Å²) in [6.45, 7) is 16.7. The quantitative estimate of drug-likeness (QED) is 0.0218. The zero-order valence-electron chi connectivity index (χ0n) is 51.6. The van der Waals surface area contributed by atoms with Gasteiger partial charge in [0.2, 0.25) is 0 Å². The van der Waals surface area contributed by atoms with E-state index in [0.717, 1.165) is 15.0 Å². The molecule has 3 unspecified atom stereocenters. The number of rotatable bonds is 35. The van der Waals surface area contributed by atoms with Crippen LogP contribution in [0.4, 0.5) is 10.5 Å². The number of hydrogen-bond donors (Lipinski definition) is 3. The van der Waals surface area contributed by atoms with Crippen molar-refractivity contribution in [2.45, 2.75) is 237 Å². The maximum Gasteiger partial charge on any atom is 0.407 e. The first kappa shape index (κ1) is 105. The molecule has 0 aliphatic heterocycles. The number of alkyl carbamates (subject to hydrolysis) is 1. The number of anilines is 1. The first-order valence-corrected chi connectivity index (χ1v) is 29.7. The molecule has 1 aromatic heterocycles. The second kappa shape index (κ2) is 56.7. The van der Waals surface area contributed by atoms with Crippen LogP contribution < -0.4 is 22.6 Å². The molecular weight excluding hydrogens is 1180 g/mol. The number of carbonyl (C=O) groups is 5. The third-order valence-electron chi connectivity index (χ3n) is 13.3. The Bertz CT molecular complexity index is 2130. The lowest BCUT2D eigenvalue weighted by Gasteiger charge is -2.40. The average Bonchev–Trinajstić information content (AvgIpc) is 3.81. The highest BCUT2D eigenvalue weighted by Gasteiger charge is 2.49. The summed E-state index contributed by atoms with van der Waals surface area (Å²) in [5.74, 6) is -3.89. The van der Waals surface area contributed by atoms with Crippen molar-refractivity contribution in [3.63, 3.8) is 0 Å². The number of aliphatic hydroxyl groups excluding tert-OH is 1. The van der Waals surface area contributed by atoms with Gasteiger partial charge in [0.25, 0.3) is 0 Å². The van der Waals surface area contributed by atoms with Crippen molar-refractivity contribution >= 4 is 69.6 Å². The summed E-state index contributed by atoms with van der Waals surface area (Å²) in [6, 6.07) is 16.8. The number of aromatic nitrogens is 1. The Morgan fingerprint density at radius 1 is 0.636 bits per heavy atom. The van der Waals surface area contributed by atoms with Gasteiger partial charge in [-0.25, -0.2) is 9.78 Å². The molecule has 1 amide bonds. The number of benzene rings is 2. The van der Waals surface area contributed by atoms with E-state index < -0.39 is 47.4 Å². The predicted octanol–water partition coefficient (Wildman–Crippen LogP) is 16.0. The third kappa shape index (κ3) is 46.8. The van der Waals surface area contributed by atoms with Gasteiger partial charge in [-0.3, -0.25) is 19.2 Å². The number of halogens is 2. The Morgan fingerprint density at radius 2 is 1.10 bits per heavy atom. The van der Waals surface area contributed by atoms with E-state index in [1.54, 1.807) is 46.0 Å². The van der Waals surface area contributed by atoms with Crippen LogP contribution >= 0.6 is 23.7 Å². The number of quaternary nitrogens is 1. The van der Waals surface area contributed by atoms with Crippen LogP contribution in [0.25, 0.3) is 20.8 Å². The summed E-state index contributed by atoms with van der Waals surface area (Å²) in [5.41, 5.74) is 0.527. The Labute approximate surface area is 557 Å². The van der Waals surface area contributed by atoms with Crippen LogP contribution in [0.5, 0.6) is 0 Å². The molecule has 3 rings (SSSR count). The monoisotopic (exact) mass is 1310 g/mol. The van der Waals surface area contributed by atoms with Gasteiger partial charge in [-0.1, -0.05) is 197 Å². The van der Waals surface area contributed by atoms with E-state index in [2.05, 4.69) is 85.7 Å². The van der Waals surface area contributed by atoms with E-state index in [4.69, 9.17) is 24.1 Å². The van der Waals surface area contributed by atoms with Crippen LogP contribution in [-0.2, 0) is 38.1 Å². The van der Waals surface area contributed by atoms with Gasteiger partial charge in [-0.05, 0) is 94.2 Å². The lowest BCUT2D eigenvalue weighted by Crippen LogP contribution is -3.00. The topological polar surface area (TPSA) is 191 Å². The SMILES string of the molecule is C.C.C.C.C.C.C.C.CCC(CC(C)(CC(C)(CC(C)(C)C)C(=O)OCCOC(=O)NCCOC(=O)C(C)C)C(=O)OCCO)C(=O)O.CCCCCCCCCCCCCCCC[N+](C)(C)C.CN(C)c1ccc(-c2nc3ccccc3s2)cc1.Cl.[Cl-]. The summed E-state index contributed by atoms with van der Waals surface area (Å²) in [5, 5.41) is 22.3. The molecule has 3 N–H and O–H groups in total. The maximum atomic E-state index is 13.4. The van der Waals surface area contributed by atoms with Gasteiger partial charge < -0.3 is 56.3 Å². The van der Waals surface area contributed by atoms with E-state index in [-0.39, 0.29) is 154 Å². The number of fused-ring (bicyclic) bond motifs is 1. The minimum absolute atomic E-state index is 0. The van der Waals surface area contributed by atoms with Gasteiger partial charge in [0.1, 0.15) is 31.4 Å². The van der Waals surface area contributed by atoms with Crippen LogP contribution in [0, 0.1) is 28.1 Å². The van der Waals surface area contributed by atoms with Gasteiger partial charge in [-0.2, -0.15) is 0 Å². The highest BCUT2D eigenvalue weighted by molar-refractivity contribution is 7.21. The lowest BCUT2D eigenvalue weighted by atomic mass is 9.64. The number of esters is 3. The zero-order valence-corrected chi connectivity index (χ0v) is 53.9. The maximum absolute atomic E-state index is 13.4. The van der Waals surface area contributed by atoms with E-state index in [0.29, 0.717) is 6.42 Å². The van der Waals surface area contributed by atoms with Crippen molar-refractivity contribution in [3.05, 3.63) is 48.5 Å². The highest BCUT2D eigenvalue weighted by atomic mass is 35.5. The molecule has 0 fully saturated rings. The number of nitrogens with one attached hydrogen (secondary N) is 1. The van der Waals surface area contributed by atoms with Crippen molar-refractivity contribution in [2.24, 2.45) is 28.1 Å². The number of aliphatic carboxylic acids is 1. The number of carboxylic acids is 1. The normalized spacial score (nSPS) is 11.9. The van der Waals surface area contributed by atoms with Crippen molar-refractivity contribution in [2.75, 3.05) is 86.3 Å². The fraction of sp³-hybridized carbons (Fsp3) is 0.743. The molecule has 15 nitrogen and oxygen atoms in total. The Morgan fingerprint density at radius 3 is 1.53 bits per heavy atom. The molecule has 18 heteroatoms. The van der Waals surface area contributed by atoms with Crippen LogP contribution in [-0.4, -0.2) is 131 Å². The number of thiazole rings is 1. The summed E-state index contributed by atoms with van der Waals surface area (Å²) in [7, 11) is 11.0. The first-order chi connectivity index (χ1) is 36.7. The molecule has 524 valence electrons. The molecule has 0 saturated heterocycles. The Balaban J connectivity index is -0.000000134. The predicted molar refractivity (Wildman–Crippen MR) is 379 cm³/mol. The highest BCUT2D eigenvalue weighted by Crippen LogP contribution is 2.47. The summed E-state index contributed by atoms with van der Waals surface area (Å²) < 4.78 is 23.0. The van der Waals surface area contributed by atoms with E-state index in [9.17, 15) is 29.1 Å². The molecule has 0 aliphatic carbocycles. The molecule has 1 heterocycles. The van der Waals surface area contributed by atoms with E-state index in [1.165, 1.54) is 112 Å². The molecule has 2 aromatic carbocycles. The number of nitrogens with zero attached hydrogens (tertiary/aromatic N) is 3. The molecule has 0 aliphatic rings. The number of ether oxygens (including phenoxy) is 4. The Kier molecular flexibility index (Phi) is 68.0. The van der Waals surface area contributed by atoms with E-state index in [1.807, 2.05) is 40.9 Å². The van der Waals surface area contributed by atoms with Gasteiger partial charge in [0, 0.05) is 25.3 Å². The van der Waals surface area contributed by atoms with Gasteiger partial charge >= 0.3 is 30.0 Å². The fourth-order valence-corrected chi connectivity index (χ4v) is 10.3. The summed E-state index contributed by atoms with van der Waals surface area (Å²) in [6.07, 6.45) is 20.1. The second-order valence-electron chi connectivity index (χ2n) is 24.1.